The van der Waals surface area contributed by atoms with E-state index in [-0.39, 0.29) is 23.1 Å². The summed E-state index contributed by atoms with van der Waals surface area (Å²) in [7, 11) is 6.18. The summed E-state index contributed by atoms with van der Waals surface area (Å²) in [5, 5.41) is 5.55. The van der Waals surface area contributed by atoms with Crippen molar-refractivity contribution in [2.75, 3.05) is 38.9 Å². The number of benzene rings is 3. The highest BCUT2D eigenvalue weighted by Gasteiger charge is 2.20. The maximum absolute atomic E-state index is 12.9. The molecule has 0 heterocycles. The number of methoxy groups -OCH3 is 2. The molecule has 0 unspecified atom stereocenters. The Bertz CT molecular complexity index is 1160. The lowest BCUT2D eigenvalue weighted by atomic mass is 10.1. The van der Waals surface area contributed by atoms with Crippen molar-refractivity contribution in [3.63, 3.8) is 0 Å². The number of hydrogen-bond donors (Lipinski definition) is 2. The summed E-state index contributed by atoms with van der Waals surface area (Å²) in [5.74, 6) is -0.215. The van der Waals surface area contributed by atoms with Gasteiger partial charge in [-0.3, -0.25) is 14.4 Å². The van der Waals surface area contributed by atoms with Gasteiger partial charge < -0.3 is 25.0 Å². The van der Waals surface area contributed by atoms with Crippen molar-refractivity contribution in [1.29, 1.82) is 0 Å². The summed E-state index contributed by atoms with van der Waals surface area (Å²) in [5.41, 5.74) is 1.99. The quantitative estimate of drug-likeness (QED) is 0.572. The van der Waals surface area contributed by atoms with Gasteiger partial charge in [0.15, 0.2) is 11.5 Å². The van der Waals surface area contributed by atoms with Gasteiger partial charge in [0.2, 0.25) is 0 Å². The van der Waals surface area contributed by atoms with Crippen LogP contribution in [0.15, 0.2) is 66.7 Å². The van der Waals surface area contributed by atoms with Crippen molar-refractivity contribution in [1.82, 2.24) is 4.90 Å². The number of carbonyl (C=O) groups excluding carboxylic acids is 3. The van der Waals surface area contributed by atoms with Crippen LogP contribution in [0.4, 0.5) is 11.4 Å². The smallest absolute Gasteiger partial charge is 0.255 e. The molecule has 8 nitrogen and oxygen atoms in total. The number of anilines is 2. The average Bonchev–Trinajstić information content (AvgIpc) is 2.84. The Kier molecular flexibility index (Phi) is 7.30. The van der Waals surface area contributed by atoms with Crippen LogP contribution in [0.1, 0.15) is 31.1 Å². The van der Waals surface area contributed by atoms with Crippen LogP contribution in [0.3, 0.4) is 0 Å². The number of carbonyl (C=O) groups is 3. The van der Waals surface area contributed by atoms with E-state index < -0.39 is 5.91 Å². The molecule has 0 atom stereocenters. The lowest BCUT2D eigenvalue weighted by Gasteiger charge is -2.18. The minimum atomic E-state index is -0.420. The third kappa shape index (κ3) is 5.48. The minimum absolute atomic E-state index is 0.245. The van der Waals surface area contributed by atoms with Crippen LogP contribution in [-0.4, -0.2) is 50.9 Å². The maximum atomic E-state index is 12.9. The van der Waals surface area contributed by atoms with Crippen LogP contribution in [0.25, 0.3) is 0 Å². The van der Waals surface area contributed by atoms with E-state index in [0.717, 1.165) is 0 Å². The largest absolute Gasteiger partial charge is 0.493 e. The van der Waals surface area contributed by atoms with Crippen molar-refractivity contribution in [2.24, 2.45) is 0 Å². The average molecular weight is 447 g/mol. The van der Waals surface area contributed by atoms with E-state index in [1.807, 2.05) is 6.07 Å². The van der Waals surface area contributed by atoms with Crippen LogP contribution in [0.5, 0.6) is 11.5 Å². The highest BCUT2D eigenvalue weighted by Crippen LogP contribution is 2.34. The number of rotatable bonds is 7. The molecule has 3 aromatic rings. The third-order valence-electron chi connectivity index (χ3n) is 4.85. The molecule has 3 aromatic carbocycles. The van der Waals surface area contributed by atoms with E-state index in [4.69, 9.17) is 9.47 Å². The van der Waals surface area contributed by atoms with Crippen molar-refractivity contribution in [2.45, 2.75) is 0 Å². The molecule has 0 fully saturated rings. The molecule has 0 saturated heterocycles. The van der Waals surface area contributed by atoms with Gasteiger partial charge in [-0.15, -0.1) is 0 Å². The predicted octanol–water partition coefficient (Wildman–Crippen LogP) is 3.91. The second-order valence-electron chi connectivity index (χ2n) is 7.30. The molecule has 0 aliphatic heterocycles. The molecular weight excluding hydrogens is 422 g/mol. The second-order valence-corrected chi connectivity index (χ2v) is 7.30. The molecule has 0 aliphatic rings. The first-order valence-electron chi connectivity index (χ1n) is 10.1. The number of ether oxygens (including phenoxy) is 2. The van der Waals surface area contributed by atoms with Crippen molar-refractivity contribution < 1.29 is 23.9 Å². The molecule has 0 radical (unpaired) electrons. The Balaban J connectivity index is 1.80. The standard InChI is InChI=1S/C25H25N3O5/c1-28(2)25(31)19-14-21(32-3)22(33-4)15-20(19)27-24(30)17-10-12-18(13-11-17)26-23(29)16-8-6-5-7-9-16/h5-15H,1-4H3,(H,26,29)(H,27,30). The summed E-state index contributed by atoms with van der Waals surface area (Å²) < 4.78 is 10.6. The predicted molar refractivity (Wildman–Crippen MR) is 126 cm³/mol. The molecule has 33 heavy (non-hydrogen) atoms. The Morgan fingerprint density at radius 3 is 1.85 bits per heavy atom. The Morgan fingerprint density at radius 1 is 0.727 bits per heavy atom. The fourth-order valence-electron chi connectivity index (χ4n) is 3.09. The molecule has 0 spiro atoms. The summed E-state index contributed by atoms with van der Waals surface area (Å²) in [6.07, 6.45) is 0. The normalized spacial score (nSPS) is 10.2. The highest BCUT2D eigenvalue weighted by molar-refractivity contribution is 6.10. The number of nitrogens with zero attached hydrogens (tertiary/aromatic N) is 1. The van der Waals surface area contributed by atoms with Crippen molar-refractivity contribution in [3.8, 4) is 11.5 Å². The number of amides is 3. The first-order chi connectivity index (χ1) is 15.8. The summed E-state index contributed by atoms with van der Waals surface area (Å²) in [6.45, 7) is 0. The molecule has 170 valence electrons. The van der Waals surface area contributed by atoms with Gasteiger partial charge in [-0.2, -0.15) is 0 Å². The number of hydrogen-bond acceptors (Lipinski definition) is 5. The van der Waals surface area contributed by atoms with E-state index in [9.17, 15) is 14.4 Å². The zero-order chi connectivity index (χ0) is 24.0. The van der Waals surface area contributed by atoms with E-state index in [2.05, 4.69) is 10.6 Å². The van der Waals surface area contributed by atoms with Gasteiger partial charge >= 0.3 is 0 Å². The Labute approximate surface area is 192 Å². The van der Waals surface area contributed by atoms with Gasteiger partial charge in [0.1, 0.15) is 0 Å². The van der Waals surface area contributed by atoms with Crippen LogP contribution in [0.2, 0.25) is 0 Å². The van der Waals surface area contributed by atoms with E-state index in [1.54, 1.807) is 68.7 Å². The third-order valence-corrected chi connectivity index (χ3v) is 4.85. The SMILES string of the molecule is COc1cc(NC(=O)c2ccc(NC(=O)c3ccccc3)cc2)c(C(=O)N(C)C)cc1OC. The summed E-state index contributed by atoms with van der Waals surface area (Å²) in [6, 6.07) is 18.3. The first-order valence-corrected chi connectivity index (χ1v) is 10.1. The molecule has 0 saturated carbocycles. The van der Waals surface area contributed by atoms with Crippen LogP contribution in [-0.2, 0) is 0 Å². The lowest BCUT2D eigenvalue weighted by molar-refractivity contribution is 0.0828. The Hall–Kier alpha value is -4.33. The van der Waals surface area contributed by atoms with Gasteiger partial charge in [-0.25, -0.2) is 0 Å². The van der Waals surface area contributed by atoms with Gasteiger partial charge in [-0.1, -0.05) is 18.2 Å². The van der Waals surface area contributed by atoms with E-state index in [1.165, 1.54) is 25.2 Å². The zero-order valence-electron chi connectivity index (χ0n) is 18.8. The lowest BCUT2D eigenvalue weighted by Crippen LogP contribution is -2.24. The molecule has 0 aliphatic carbocycles. The summed E-state index contributed by atoms with van der Waals surface area (Å²) in [4.78, 5) is 39.2. The van der Waals surface area contributed by atoms with Crippen LogP contribution < -0.4 is 20.1 Å². The number of nitrogens with one attached hydrogen (secondary N) is 2. The fourth-order valence-corrected chi connectivity index (χ4v) is 3.09. The van der Waals surface area contributed by atoms with Gasteiger partial charge in [-0.05, 0) is 42.5 Å². The fraction of sp³-hybridized carbons (Fsp3) is 0.160. The van der Waals surface area contributed by atoms with Crippen LogP contribution >= 0.6 is 0 Å². The molecule has 8 heteroatoms. The highest BCUT2D eigenvalue weighted by atomic mass is 16.5. The van der Waals surface area contributed by atoms with Gasteiger partial charge in [0.25, 0.3) is 17.7 Å². The van der Waals surface area contributed by atoms with Crippen LogP contribution in [0, 0.1) is 0 Å². The molecular formula is C25H25N3O5. The van der Waals surface area contributed by atoms with E-state index in [0.29, 0.717) is 28.3 Å². The monoisotopic (exact) mass is 447 g/mol. The molecule has 3 rings (SSSR count). The van der Waals surface area contributed by atoms with E-state index >= 15 is 0 Å². The van der Waals surface area contributed by atoms with Crippen molar-refractivity contribution in [3.05, 3.63) is 83.4 Å². The zero-order valence-corrected chi connectivity index (χ0v) is 18.8. The van der Waals surface area contributed by atoms with Gasteiger partial charge in [0, 0.05) is 37.0 Å². The maximum Gasteiger partial charge on any atom is 0.255 e. The second kappa shape index (κ2) is 10.3. The molecule has 2 N–H and O–H groups in total. The van der Waals surface area contributed by atoms with Gasteiger partial charge in [0.05, 0.1) is 25.5 Å². The Morgan fingerprint density at radius 2 is 1.27 bits per heavy atom. The molecule has 0 bridgehead atoms. The molecule has 3 amide bonds. The summed E-state index contributed by atoms with van der Waals surface area (Å²) >= 11 is 0. The topological polar surface area (TPSA) is 97.0 Å². The first kappa shape index (κ1) is 23.3. The molecule has 0 aromatic heterocycles. The minimum Gasteiger partial charge on any atom is -0.493 e. The van der Waals surface area contributed by atoms with Crippen molar-refractivity contribution >= 4 is 29.1 Å².